The molecule has 3 aliphatic carbocycles. The van der Waals surface area contributed by atoms with E-state index in [1.54, 1.807) is 69.3 Å². The SMILES string of the molecule is CCOC(=O)N[C@@H](c1ccccc1)[C@@H](O)C(=O)O[C@H]1C[C@@]2(O)[C@@H](OC(=O)c3ccccc3)C3[C@](C)(C(=O)[C@H](OC(C)=O)C(=C1C)C2(C)C)[C@@H](O)C[C@H]1OC[C@@]31OC(C)=O. The summed E-state index contributed by atoms with van der Waals surface area (Å²) in [6, 6.07) is 14.5. The Labute approximate surface area is 341 Å². The van der Waals surface area contributed by atoms with Crippen LogP contribution in [0.1, 0.15) is 83.3 Å². The van der Waals surface area contributed by atoms with E-state index in [-0.39, 0.29) is 36.3 Å². The molecule has 2 aromatic carbocycles. The molecular formula is C43H51NO15. The number of esters is 4. The van der Waals surface area contributed by atoms with E-state index in [0.29, 0.717) is 5.56 Å². The topological polar surface area (TPSA) is 231 Å². The van der Waals surface area contributed by atoms with Crippen molar-refractivity contribution >= 4 is 35.8 Å². The number of ether oxygens (including phenoxy) is 6. The molecule has 1 aliphatic heterocycles. The highest BCUT2D eigenvalue weighted by molar-refractivity contribution is 5.95. The van der Waals surface area contributed by atoms with E-state index in [4.69, 9.17) is 28.4 Å². The summed E-state index contributed by atoms with van der Waals surface area (Å²) in [5.41, 5.74) is -7.33. The maximum atomic E-state index is 15.4. The van der Waals surface area contributed by atoms with E-state index in [2.05, 4.69) is 5.32 Å². The zero-order valence-electron chi connectivity index (χ0n) is 34.0. The Hall–Kier alpha value is -5.16. The number of carbonyl (C=O) groups excluding carboxylic acids is 6. The number of benzene rings is 2. The van der Waals surface area contributed by atoms with Gasteiger partial charge in [0.25, 0.3) is 0 Å². The van der Waals surface area contributed by atoms with Gasteiger partial charge in [0, 0.05) is 32.1 Å². The molecule has 0 radical (unpaired) electrons. The number of aliphatic hydroxyl groups is 3. The van der Waals surface area contributed by atoms with Gasteiger partial charge in [-0.15, -0.1) is 0 Å². The smallest absolute Gasteiger partial charge is 0.407 e. The van der Waals surface area contributed by atoms with Gasteiger partial charge < -0.3 is 49.1 Å². The van der Waals surface area contributed by atoms with Crippen molar-refractivity contribution in [2.75, 3.05) is 13.2 Å². The molecule has 2 aromatic rings. The zero-order valence-corrected chi connectivity index (χ0v) is 34.0. The molecule has 59 heavy (non-hydrogen) atoms. The van der Waals surface area contributed by atoms with Crippen molar-refractivity contribution in [2.45, 2.75) is 115 Å². The molecule has 6 rings (SSSR count). The van der Waals surface area contributed by atoms with Crippen LogP contribution in [-0.2, 0) is 47.6 Å². The first kappa shape index (κ1) is 43.4. The second kappa shape index (κ2) is 16.1. The van der Waals surface area contributed by atoms with Crippen LogP contribution < -0.4 is 5.32 Å². The molecule has 1 saturated heterocycles. The van der Waals surface area contributed by atoms with Gasteiger partial charge in [0.2, 0.25) is 0 Å². The van der Waals surface area contributed by atoms with Gasteiger partial charge in [0.1, 0.15) is 23.9 Å². The minimum Gasteiger partial charge on any atom is -0.456 e. The number of alkyl carbamates (subject to hydrolysis) is 1. The Morgan fingerprint density at radius 1 is 0.932 bits per heavy atom. The monoisotopic (exact) mass is 821 g/mol. The standard InChI is InChI=1S/C43H51NO15/c1-8-54-39(52)44-31(25-15-11-9-12-16-25)32(48)38(51)57-27-20-43(53)36(58-37(50)26-17-13-10-14-18-26)34-41(7,28(47)19-29-42(34,21-55-29)59-24(4)46)35(49)33(56-23(3)45)30(22(27)2)40(43,5)6/h9-18,27-29,31-34,36,47-48,53H,8,19-21H2,1-7H3,(H,44,52)/t27-,28-,29+,31-,32+,33+,34?,36-,41+,42-,43+/m0/s1. The number of ketones is 1. The first-order valence-corrected chi connectivity index (χ1v) is 19.5. The van der Waals surface area contributed by atoms with Crippen LogP contribution in [0.2, 0.25) is 0 Å². The van der Waals surface area contributed by atoms with Gasteiger partial charge in [-0.1, -0.05) is 62.4 Å². The van der Waals surface area contributed by atoms with E-state index in [1.165, 1.54) is 26.0 Å². The van der Waals surface area contributed by atoms with Crippen LogP contribution >= 0.6 is 0 Å². The number of rotatable bonds is 10. The van der Waals surface area contributed by atoms with Gasteiger partial charge in [0.15, 0.2) is 23.6 Å². The zero-order chi connectivity index (χ0) is 43.2. The van der Waals surface area contributed by atoms with Gasteiger partial charge >= 0.3 is 30.0 Å². The third-order valence-corrected chi connectivity index (χ3v) is 12.7. The Kier molecular flexibility index (Phi) is 11.9. The highest BCUT2D eigenvalue weighted by Crippen LogP contribution is 2.64. The summed E-state index contributed by atoms with van der Waals surface area (Å²) >= 11 is 0. The van der Waals surface area contributed by atoms with Crippen LogP contribution in [0.3, 0.4) is 0 Å². The first-order valence-electron chi connectivity index (χ1n) is 19.5. The molecule has 0 aromatic heterocycles. The minimum absolute atomic E-state index is 0.00198. The van der Waals surface area contributed by atoms with Crippen LogP contribution in [-0.4, -0.2) is 112 Å². The van der Waals surface area contributed by atoms with Crippen LogP contribution in [0.25, 0.3) is 0 Å². The summed E-state index contributed by atoms with van der Waals surface area (Å²) in [7, 11) is 0. The van der Waals surface area contributed by atoms with Crippen LogP contribution in [0, 0.1) is 16.7 Å². The van der Waals surface area contributed by atoms with Gasteiger partial charge in [-0.2, -0.15) is 0 Å². The summed E-state index contributed by atoms with van der Waals surface area (Å²) < 4.78 is 35.1. The third kappa shape index (κ3) is 7.29. The Balaban J connectivity index is 1.55. The fourth-order valence-corrected chi connectivity index (χ4v) is 9.67. The number of aliphatic hydroxyl groups excluding tert-OH is 2. The number of carbonyl (C=O) groups is 6. The third-order valence-electron chi connectivity index (χ3n) is 12.7. The Morgan fingerprint density at radius 3 is 2.12 bits per heavy atom. The highest BCUT2D eigenvalue weighted by atomic mass is 16.6. The van der Waals surface area contributed by atoms with E-state index >= 15 is 4.79 Å². The number of hydrogen-bond acceptors (Lipinski definition) is 15. The van der Waals surface area contributed by atoms with E-state index in [0.717, 1.165) is 13.8 Å². The van der Waals surface area contributed by atoms with Gasteiger partial charge in [-0.25, -0.2) is 14.4 Å². The van der Waals surface area contributed by atoms with Crippen molar-refractivity contribution in [3.8, 4) is 0 Å². The largest absolute Gasteiger partial charge is 0.456 e. The fourth-order valence-electron chi connectivity index (χ4n) is 9.67. The lowest BCUT2D eigenvalue weighted by Crippen LogP contribution is -2.82. The van der Waals surface area contributed by atoms with E-state index < -0.39 is 113 Å². The molecule has 2 saturated carbocycles. The summed E-state index contributed by atoms with van der Waals surface area (Å²) in [6.45, 7) is 9.50. The van der Waals surface area contributed by atoms with Crippen LogP contribution in [0.4, 0.5) is 4.79 Å². The lowest BCUT2D eigenvalue weighted by atomic mass is 9.44. The van der Waals surface area contributed by atoms with Crippen molar-refractivity contribution in [1.29, 1.82) is 0 Å². The Morgan fingerprint density at radius 2 is 1.56 bits per heavy atom. The molecule has 2 bridgehead atoms. The van der Waals surface area contributed by atoms with E-state index in [1.807, 2.05) is 0 Å². The maximum Gasteiger partial charge on any atom is 0.407 e. The molecule has 1 heterocycles. The predicted molar refractivity (Wildman–Crippen MR) is 204 cm³/mol. The van der Waals surface area contributed by atoms with Crippen LogP contribution in [0.15, 0.2) is 71.8 Å². The van der Waals surface area contributed by atoms with Gasteiger partial charge in [-0.05, 0) is 49.6 Å². The van der Waals surface area contributed by atoms with Crippen molar-refractivity contribution in [2.24, 2.45) is 16.7 Å². The predicted octanol–water partition coefficient (Wildman–Crippen LogP) is 3.05. The van der Waals surface area contributed by atoms with Gasteiger partial charge in [0.05, 0.1) is 42.3 Å². The Bertz CT molecular complexity index is 2020. The summed E-state index contributed by atoms with van der Waals surface area (Å²) in [4.78, 5) is 82.2. The molecule has 3 fully saturated rings. The molecule has 0 spiro atoms. The highest BCUT2D eigenvalue weighted by Gasteiger charge is 2.78. The number of Topliss-reactive ketones (excluding diaryl/α,β-unsaturated/α-hetero) is 1. The summed E-state index contributed by atoms with van der Waals surface area (Å²) in [6.07, 6.45) is -11.5. The normalized spacial score (nSPS) is 32.9. The maximum absolute atomic E-state index is 15.4. The van der Waals surface area contributed by atoms with Gasteiger partial charge in [-0.3, -0.25) is 14.4 Å². The number of amides is 1. The second-order valence-corrected chi connectivity index (χ2v) is 16.4. The second-order valence-electron chi connectivity index (χ2n) is 16.4. The summed E-state index contributed by atoms with van der Waals surface area (Å²) in [5, 5.41) is 39.6. The molecule has 1 unspecified atom stereocenters. The number of nitrogens with one attached hydrogen (secondary N) is 1. The van der Waals surface area contributed by atoms with Crippen molar-refractivity contribution in [3.63, 3.8) is 0 Å². The molecule has 16 heteroatoms. The lowest BCUT2D eigenvalue weighted by molar-refractivity contribution is -0.346. The first-order chi connectivity index (χ1) is 27.7. The quantitative estimate of drug-likeness (QED) is 0.153. The van der Waals surface area contributed by atoms with Crippen molar-refractivity contribution in [3.05, 3.63) is 82.9 Å². The molecule has 1 amide bonds. The summed E-state index contributed by atoms with van der Waals surface area (Å²) in [5.74, 6) is -6.29. The average Bonchev–Trinajstić information content (AvgIpc) is 3.18. The molecule has 11 atom stereocenters. The molecule has 16 nitrogen and oxygen atoms in total. The minimum atomic E-state index is -2.39. The average molecular weight is 822 g/mol. The molecule has 318 valence electrons. The van der Waals surface area contributed by atoms with Crippen LogP contribution in [0.5, 0.6) is 0 Å². The molecule has 4 aliphatic rings. The number of fused-ring (bicyclic) bond motifs is 5. The van der Waals surface area contributed by atoms with E-state index in [9.17, 15) is 39.3 Å². The molecule has 4 N–H and O–H groups in total. The van der Waals surface area contributed by atoms with Crippen molar-refractivity contribution in [1.82, 2.24) is 5.32 Å². The lowest BCUT2D eigenvalue weighted by Gasteiger charge is -2.67. The molecular weight excluding hydrogens is 770 g/mol. The number of hydrogen-bond donors (Lipinski definition) is 4. The fraction of sp³-hybridized carbons (Fsp3) is 0.535. The van der Waals surface area contributed by atoms with Crippen molar-refractivity contribution < 1.29 is 72.5 Å².